The fourth-order valence-corrected chi connectivity index (χ4v) is 3.91. The van der Waals surface area contributed by atoms with Crippen molar-refractivity contribution in [2.24, 2.45) is 0 Å². The summed E-state index contributed by atoms with van der Waals surface area (Å²) in [4.78, 5) is 17.1. The van der Waals surface area contributed by atoms with Crippen molar-refractivity contribution in [1.82, 2.24) is 15.1 Å². The average molecular weight is 281 g/mol. The SMILES string of the molecule is CNC1(CC(=O)N2CCCC2CN(C)C)CCCCC1. The minimum absolute atomic E-state index is 0.0700. The maximum atomic E-state index is 12.7. The van der Waals surface area contributed by atoms with E-state index >= 15 is 0 Å². The second-order valence-electron chi connectivity index (χ2n) is 6.91. The van der Waals surface area contributed by atoms with E-state index < -0.39 is 0 Å². The first-order valence-corrected chi connectivity index (χ1v) is 8.19. The molecule has 4 nitrogen and oxygen atoms in total. The van der Waals surface area contributed by atoms with Crippen LogP contribution in [0.1, 0.15) is 51.4 Å². The maximum absolute atomic E-state index is 12.7. The summed E-state index contributed by atoms with van der Waals surface area (Å²) in [7, 11) is 6.22. The van der Waals surface area contributed by atoms with E-state index in [0.717, 1.165) is 38.8 Å². The van der Waals surface area contributed by atoms with Gasteiger partial charge in [0.1, 0.15) is 0 Å². The van der Waals surface area contributed by atoms with Crippen molar-refractivity contribution in [2.75, 3.05) is 34.2 Å². The Morgan fingerprint density at radius 2 is 1.95 bits per heavy atom. The predicted molar refractivity (Wildman–Crippen MR) is 82.8 cm³/mol. The normalized spacial score (nSPS) is 26.2. The van der Waals surface area contributed by atoms with Crippen LogP contribution in [0, 0.1) is 0 Å². The molecule has 0 aromatic rings. The maximum Gasteiger partial charge on any atom is 0.224 e. The molecule has 20 heavy (non-hydrogen) atoms. The van der Waals surface area contributed by atoms with Crippen LogP contribution in [-0.2, 0) is 4.79 Å². The Labute approximate surface area is 123 Å². The van der Waals surface area contributed by atoms with Crippen LogP contribution >= 0.6 is 0 Å². The third-order valence-corrected chi connectivity index (χ3v) is 5.10. The lowest BCUT2D eigenvalue weighted by Crippen LogP contribution is -2.50. The van der Waals surface area contributed by atoms with E-state index in [2.05, 4.69) is 29.2 Å². The Balaban J connectivity index is 1.95. The predicted octanol–water partition coefficient (Wildman–Crippen LogP) is 1.85. The third kappa shape index (κ3) is 3.73. The Morgan fingerprint density at radius 1 is 1.25 bits per heavy atom. The summed E-state index contributed by atoms with van der Waals surface area (Å²) in [6.45, 7) is 1.95. The molecule has 2 aliphatic rings. The van der Waals surface area contributed by atoms with Gasteiger partial charge in [-0.05, 0) is 46.8 Å². The van der Waals surface area contributed by atoms with Gasteiger partial charge in [-0.2, -0.15) is 0 Å². The van der Waals surface area contributed by atoms with Gasteiger partial charge in [0.25, 0.3) is 0 Å². The molecule has 1 aliphatic carbocycles. The van der Waals surface area contributed by atoms with Gasteiger partial charge >= 0.3 is 0 Å². The first-order chi connectivity index (χ1) is 9.56. The van der Waals surface area contributed by atoms with Crippen LogP contribution in [0.5, 0.6) is 0 Å². The zero-order chi connectivity index (χ0) is 14.6. The molecule has 0 bridgehead atoms. The molecule has 0 aromatic heterocycles. The van der Waals surface area contributed by atoms with E-state index in [0.29, 0.717) is 18.4 Å². The van der Waals surface area contributed by atoms with E-state index in [1.165, 1.54) is 19.3 Å². The minimum Gasteiger partial charge on any atom is -0.338 e. The second-order valence-corrected chi connectivity index (χ2v) is 6.91. The molecule has 1 saturated carbocycles. The van der Waals surface area contributed by atoms with Crippen LogP contribution in [0.25, 0.3) is 0 Å². The molecule has 0 spiro atoms. The van der Waals surface area contributed by atoms with Crippen molar-refractivity contribution >= 4 is 5.91 Å². The van der Waals surface area contributed by atoms with Gasteiger partial charge in [0.15, 0.2) is 0 Å². The summed E-state index contributed by atoms with van der Waals surface area (Å²) in [6, 6.07) is 0.426. The zero-order valence-corrected chi connectivity index (χ0v) is 13.5. The summed E-state index contributed by atoms with van der Waals surface area (Å²) in [5.74, 6) is 0.366. The Morgan fingerprint density at radius 3 is 2.55 bits per heavy atom. The summed E-state index contributed by atoms with van der Waals surface area (Å²) in [6.07, 6.45) is 9.17. The molecule has 116 valence electrons. The number of hydrogen-bond donors (Lipinski definition) is 1. The number of likely N-dealkylation sites (N-methyl/N-ethyl adjacent to an activating group) is 1. The standard InChI is InChI=1S/C16H31N3O/c1-17-16(9-5-4-6-10-16)12-15(20)19-11-7-8-14(19)13-18(2)3/h14,17H,4-13H2,1-3H3. The van der Waals surface area contributed by atoms with Gasteiger partial charge in [0.05, 0.1) is 0 Å². The van der Waals surface area contributed by atoms with E-state index in [-0.39, 0.29) is 5.54 Å². The first kappa shape index (κ1) is 15.8. The summed E-state index contributed by atoms with van der Waals surface area (Å²) in [5, 5.41) is 3.47. The highest BCUT2D eigenvalue weighted by atomic mass is 16.2. The van der Waals surface area contributed by atoms with Crippen molar-refractivity contribution in [3.8, 4) is 0 Å². The molecule has 1 N–H and O–H groups in total. The smallest absolute Gasteiger partial charge is 0.224 e. The fraction of sp³-hybridized carbons (Fsp3) is 0.938. The molecule has 1 aliphatic heterocycles. The lowest BCUT2D eigenvalue weighted by atomic mass is 9.79. The van der Waals surface area contributed by atoms with Crippen molar-refractivity contribution in [3.05, 3.63) is 0 Å². The molecule has 1 unspecified atom stereocenters. The van der Waals surface area contributed by atoms with E-state index in [9.17, 15) is 4.79 Å². The Kier molecular flexibility index (Phi) is 5.44. The van der Waals surface area contributed by atoms with Gasteiger partial charge in [0.2, 0.25) is 5.91 Å². The summed E-state index contributed by atoms with van der Waals surface area (Å²) < 4.78 is 0. The highest BCUT2D eigenvalue weighted by molar-refractivity contribution is 5.78. The van der Waals surface area contributed by atoms with Crippen LogP contribution in [0.15, 0.2) is 0 Å². The molecule has 1 atom stereocenters. The highest BCUT2D eigenvalue weighted by Crippen LogP contribution is 2.32. The average Bonchev–Trinajstić information content (AvgIpc) is 2.87. The monoisotopic (exact) mass is 281 g/mol. The van der Waals surface area contributed by atoms with Gasteiger partial charge < -0.3 is 15.1 Å². The van der Waals surface area contributed by atoms with Gasteiger partial charge in [-0.15, -0.1) is 0 Å². The third-order valence-electron chi connectivity index (χ3n) is 5.10. The van der Waals surface area contributed by atoms with Crippen LogP contribution in [-0.4, -0.2) is 61.5 Å². The molecule has 2 fully saturated rings. The van der Waals surface area contributed by atoms with Crippen LogP contribution < -0.4 is 5.32 Å². The van der Waals surface area contributed by atoms with Gasteiger partial charge in [0, 0.05) is 31.1 Å². The van der Waals surface area contributed by atoms with Gasteiger partial charge in [-0.1, -0.05) is 19.3 Å². The van der Waals surface area contributed by atoms with Crippen LogP contribution in [0.4, 0.5) is 0 Å². The molecule has 0 radical (unpaired) electrons. The molecular weight excluding hydrogens is 250 g/mol. The topological polar surface area (TPSA) is 35.6 Å². The number of hydrogen-bond acceptors (Lipinski definition) is 3. The number of rotatable bonds is 5. The minimum atomic E-state index is 0.0700. The molecule has 2 rings (SSSR count). The first-order valence-electron chi connectivity index (χ1n) is 8.19. The van der Waals surface area contributed by atoms with Crippen molar-refractivity contribution in [3.63, 3.8) is 0 Å². The van der Waals surface area contributed by atoms with Gasteiger partial charge in [-0.25, -0.2) is 0 Å². The summed E-state index contributed by atoms with van der Waals surface area (Å²) in [5.41, 5.74) is 0.0700. The quantitative estimate of drug-likeness (QED) is 0.835. The second kappa shape index (κ2) is 6.90. The number of amides is 1. The van der Waals surface area contributed by atoms with E-state index in [1.54, 1.807) is 0 Å². The number of nitrogens with zero attached hydrogens (tertiary/aromatic N) is 2. The van der Waals surface area contributed by atoms with E-state index in [4.69, 9.17) is 0 Å². The van der Waals surface area contributed by atoms with Crippen molar-refractivity contribution < 1.29 is 4.79 Å². The van der Waals surface area contributed by atoms with E-state index in [1.807, 2.05) is 7.05 Å². The molecular formula is C16H31N3O. The van der Waals surface area contributed by atoms with Crippen LogP contribution in [0.2, 0.25) is 0 Å². The summed E-state index contributed by atoms with van der Waals surface area (Å²) >= 11 is 0. The Hall–Kier alpha value is -0.610. The number of likely N-dealkylation sites (tertiary alicyclic amines) is 1. The van der Waals surface area contributed by atoms with Crippen molar-refractivity contribution in [1.29, 1.82) is 0 Å². The molecule has 1 saturated heterocycles. The number of nitrogens with one attached hydrogen (secondary N) is 1. The highest BCUT2D eigenvalue weighted by Gasteiger charge is 2.37. The molecule has 1 heterocycles. The molecule has 1 amide bonds. The lowest BCUT2D eigenvalue weighted by Gasteiger charge is -2.38. The zero-order valence-electron chi connectivity index (χ0n) is 13.5. The molecule has 0 aromatic carbocycles. The Bertz CT molecular complexity index is 324. The number of carbonyl (C=O) groups is 1. The lowest BCUT2D eigenvalue weighted by molar-refractivity contribution is -0.134. The van der Waals surface area contributed by atoms with Gasteiger partial charge in [-0.3, -0.25) is 4.79 Å². The van der Waals surface area contributed by atoms with Crippen LogP contribution in [0.3, 0.4) is 0 Å². The number of carbonyl (C=O) groups excluding carboxylic acids is 1. The largest absolute Gasteiger partial charge is 0.338 e. The van der Waals surface area contributed by atoms with Crippen molar-refractivity contribution in [2.45, 2.75) is 62.9 Å². The molecule has 4 heteroatoms. The fourth-order valence-electron chi connectivity index (χ4n) is 3.91.